The number of nitrogen functional groups attached to an aromatic ring is 1. The summed E-state index contributed by atoms with van der Waals surface area (Å²) in [6.07, 6.45) is 1.79. The quantitative estimate of drug-likeness (QED) is 0.222. The zero-order valence-electron chi connectivity index (χ0n) is 7.28. The Morgan fingerprint density at radius 3 is 3.00 bits per heavy atom. The fraction of sp³-hybridized carbons (Fsp3) is 0.111. The van der Waals surface area contributed by atoms with Gasteiger partial charge in [0.1, 0.15) is 5.84 Å². The number of rotatable bonds is 1. The highest BCUT2D eigenvalue weighted by Crippen LogP contribution is 2.14. The number of aliphatic imine (C=N–C) groups is 1. The molecular formula is C9H10N4. The number of nitrogens with one attached hydrogen (secondary N) is 1. The summed E-state index contributed by atoms with van der Waals surface area (Å²) in [4.78, 5) is 4.11. The first kappa shape index (κ1) is 9.07. The van der Waals surface area contributed by atoms with Crippen LogP contribution in [-0.2, 0) is 0 Å². The smallest absolute Gasteiger partial charge is 0.182 e. The highest BCUT2D eigenvalue weighted by Gasteiger charge is 1.91. The average Bonchev–Trinajstić information content (AvgIpc) is 2.04. The standard InChI is InChI=1S/C9H10N4/c1-7(12-6-10)13-9-4-2-3-8(11)5-9/h2-5H,11H2,1H3,(H,12,13). The van der Waals surface area contributed by atoms with Gasteiger partial charge in [0.25, 0.3) is 0 Å². The number of amidine groups is 1. The van der Waals surface area contributed by atoms with Crippen LogP contribution in [-0.4, -0.2) is 5.84 Å². The average molecular weight is 174 g/mol. The topological polar surface area (TPSA) is 74.2 Å². The Labute approximate surface area is 76.7 Å². The van der Waals surface area contributed by atoms with E-state index in [1.807, 2.05) is 12.1 Å². The van der Waals surface area contributed by atoms with Gasteiger partial charge in [0.05, 0.1) is 5.69 Å². The van der Waals surface area contributed by atoms with Gasteiger partial charge in [-0.25, -0.2) is 4.99 Å². The van der Waals surface area contributed by atoms with Crippen LogP contribution in [0.3, 0.4) is 0 Å². The third kappa shape index (κ3) is 2.83. The highest BCUT2D eigenvalue weighted by molar-refractivity contribution is 5.83. The van der Waals surface area contributed by atoms with Crippen molar-refractivity contribution in [2.75, 3.05) is 5.73 Å². The Bertz CT molecular complexity index is 362. The molecule has 0 saturated heterocycles. The second-order valence-electron chi connectivity index (χ2n) is 2.53. The molecule has 13 heavy (non-hydrogen) atoms. The minimum Gasteiger partial charge on any atom is -0.399 e. The van der Waals surface area contributed by atoms with Gasteiger partial charge >= 0.3 is 0 Å². The van der Waals surface area contributed by atoms with E-state index in [1.54, 1.807) is 25.2 Å². The Kier molecular flexibility index (Phi) is 2.87. The molecule has 0 saturated carbocycles. The second kappa shape index (κ2) is 4.12. The van der Waals surface area contributed by atoms with Gasteiger partial charge in [-0.1, -0.05) is 6.07 Å². The molecule has 0 amide bonds. The number of benzene rings is 1. The summed E-state index contributed by atoms with van der Waals surface area (Å²) < 4.78 is 0. The van der Waals surface area contributed by atoms with Crippen LogP contribution < -0.4 is 11.1 Å². The summed E-state index contributed by atoms with van der Waals surface area (Å²) in [7, 11) is 0. The van der Waals surface area contributed by atoms with Crippen LogP contribution in [0.25, 0.3) is 0 Å². The SMILES string of the molecule is CC(=Nc1cccc(N)c1)NC#N. The van der Waals surface area contributed by atoms with Gasteiger partial charge in [-0.15, -0.1) is 0 Å². The zero-order chi connectivity index (χ0) is 9.68. The van der Waals surface area contributed by atoms with Crippen LogP contribution >= 0.6 is 0 Å². The van der Waals surface area contributed by atoms with E-state index in [1.165, 1.54) is 0 Å². The molecule has 66 valence electrons. The van der Waals surface area contributed by atoms with E-state index in [9.17, 15) is 0 Å². The molecule has 0 radical (unpaired) electrons. The lowest BCUT2D eigenvalue weighted by atomic mass is 10.3. The molecule has 0 unspecified atom stereocenters. The number of nitrogens with zero attached hydrogens (tertiary/aromatic N) is 2. The fourth-order valence-electron chi connectivity index (χ4n) is 0.897. The van der Waals surface area contributed by atoms with Crippen molar-refractivity contribution < 1.29 is 0 Å². The molecule has 4 nitrogen and oxygen atoms in total. The van der Waals surface area contributed by atoms with Crippen LogP contribution in [0.15, 0.2) is 29.3 Å². The van der Waals surface area contributed by atoms with Crippen molar-refractivity contribution in [1.82, 2.24) is 5.32 Å². The fourth-order valence-corrected chi connectivity index (χ4v) is 0.897. The third-order valence-corrected chi connectivity index (χ3v) is 1.40. The Balaban J connectivity index is 2.86. The first-order valence-corrected chi connectivity index (χ1v) is 3.78. The summed E-state index contributed by atoms with van der Waals surface area (Å²) in [6.45, 7) is 1.71. The maximum atomic E-state index is 8.30. The summed E-state index contributed by atoms with van der Waals surface area (Å²) in [6, 6.07) is 7.15. The van der Waals surface area contributed by atoms with Crippen molar-refractivity contribution in [3.05, 3.63) is 24.3 Å². The molecular weight excluding hydrogens is 164 g/mol. The molecule has 0 aliphatic heterocycles. The minimum atomic E-state index is 0.549. The number of nitriles is 1. The van der Waals surface area contributed by atoms with Crippen molar-refractivity contribution in [3.63, 3.8) is 0 Å². The molecule has 0 heterocycles. The molecule has 4 heteroatoms. The second-order valence-corrected chi connectivity index (χ2v) is 2.53. The first-order chi connectivity index (χ1) is 6.22. The number of hydrogen-bond donors (Lipinski definition) is 2. The molecule has 0 bridgehead atoms. The Hall–Kier alpha value is -2.02. The monoisotopic (exact) mass is 174 g/mol. The van der Waals surface area contributed by atoms with Crippen LogP contribution in [0.1, 0.15) is 6.92 Å². The predicted molar refractivity (Wildman–Crippen MR) is 52.4 cm³/mol. The van der Waals surface area contributed by atoms with Crippen LogP contribution in [0.4, 0.5) is 11.4 Å². The summed E-state index contributed by atoms with van der Waals surface area (Å²) >= 11 is 0. The van der Waals surface area contributed by atoms with Gasteiger partial charge < -0.3 is 5.73 Å². The minimum absolute atomic E-state index is 0.549. The van der Waals surface area contributed by atoms with Gasteiger partial charge in [-0.3, -0.25) is 5.32 Å². The van der Waals surface area contributed by atoms with E-state index in [4.69, 9.17) is 11.0 Å². The summed E-state index contributed by atoms with van der Waals surface area (Å²) in [5.74, 6) is 0.549. The lowest BCUT2D eigenvalue weighted by molar-refractivity contribution is 1.23. The third-order valence-electron chi connectivity index (χ3n) is 1.40. The summed E-state index contributed by atoms with van der Waals surface area (Å²) in [5.41, 5.74) is 6.95. The first-order valence-electron chi connectivity index (χ1n) is 3.78. The van der Waals surface area contributed by atoms with E-state index in [2.05, 4.69) is 10.3 Å². The van der Waals surface area contributed by atoms with Crippen molar-refractivity contribution >= 4 is 17.2 Å². The van der Waals surface area contributed by atoms with Crippen molar-refractivity contribution in [2.24, 2.45) is 4.99 Å². The molecule has 1 aromatic carbocycles. The summed E-state index contributed by atoms with van der Waals surface area (Å²) in [5, 5.41) is 10.7. The van der Waals surface area contributed by atoms with Crippen molar-refractivity contribution in [3.8, 4) is 6.19 Å². The lowest BCUT2D eigenvalue weighted by Crippen LogP contribution is -2.12. The van der Waals surface area contributed by atoms with E-state index in [-0.39, 0.29) is 0 Å². The number of nitrogens with two attached hydrogens (primary N) is 1. The lowest BCUT2D eigenvalue weighted by Gasteiger charge is -1.97. The largest absolute Gasteiger partial charge is 0.399 e. The maximum Gasteiger partial charge on any atom is 0.182 e. The van der Waals surface area contributed by atoms with E-state index >= 15 is 0 Å². The molecule has 3 N–H and O–H groups in total. The van der Waals surface area contributed by atoms with Crippen LogP contribution in [0.2, 0.25) is 0 Å². The van der Waals surface area contributed by atoms with Gasteiger partial charge in [0.2, 0.25) is 0 Å². The van der Waals surface area contributed by atoms with Gasteiger partial charge in [0, 0.05) is 5.69 Å². The van der Waals surface area contributed by atoms with Gasteiger partial charge in [0.15, 0.2) is 6.19 Å². The van der Waals surface area contributed by atoms with Gasteiger partial charge in [-0.2, -0.15) is 5.26 Å². The molecule has 1 aromatic rings. The van der Waals surface area contributed by atoms with E-state index in [0.717, 1.165) is 5.69 Å². The predicted octanol–water partition coefficient (Wildman–Crippen LogP) is 1.39. The molecule has 0 atom stereocenters. The molecule has 0 aromatic heterocycles. The normalized spacial score (nSPS) is 10.6. The zero-order valence-corrected chi connectivity index (χ0v) is 7.28. The highest BCUT2D eigenvalue weighted by atomic mass is 15.0. The molecule has 0 fully saturated rings. The number of hydrogen-bond acceptors (Lipinski definition) is 3. The molecule has 0 spiro atoms. The Morgan fingerprint density at radius 2 is 2.38 bits per heavy atom. The maximum absolute atomic E-state index is 8.30. The van der Waals surface area contributed by atoms with Crippen LogP contribution in [0.5, 0.6) is 0 Å². The molecule has 1 rings (SSSR count). The Morgan fingerprint density at radius 1 is 1.62 bits per heavy atom. The molecule has 0 aliphatic rings. The van der Waals surface area contributed by atoms with E-state index < -0.39 is 0 Å². The van der Waals surface area contributed by atoms with Crippen LogP contribution in [0, 0.1) is 11.5 Å². The number of anilines is 1. The van der Waals surface area contributed by atoms with E-state index in [0.29, 0.717) is 11.5 Å². The van der Waals surface area contributed by atoms with Crippen molar-refractivity contribution in [2.45, 2.75) is 6.92 Å². The molecule has 0 aliphatic carbocycles. The van der Waals surface area contributed by atoms with Gasteiger partial charge in [-0.05, 0) is 25.1 Å². The van der Waals surface area contributed by atoms with Crippen molar-refractivity contribution in [1.29, 1.82) is 5.26 Å².